The van der Waals surface area contributed by atoms with E-state index in [4.69, 9.17) is 10.5 Å². The van der Waals surface area contributed by atoms with Crippen molar-refractivity contribution in [2.24, 2.45) is 5.73 Å². The third-order valence-electron chi connectivity index (χ3n) is 3.40. The van der Waals surface area contributed by atoms with Gasteiger partial charge in [0.15, 0.2) is 0 Å². The van der Waals surface area contributed by atoms with Crippen LogP contribution in [0.1, 0.15) is 31.4 Å². The monoisotopic (exact) mass is 248 g/mol. The van der Waals surface area contributed by atoms with Crippen LogP contribution in [0.15, 0.2) is 24.3 Å². The molecule has 0 aliphatic carbocycles. The van der Waals surface area contributed by atoms with Crippen molar-refractivity contribution in [3.8, 4) is 5.75 Å². The second kappa shape index (κ2) is 5.40. The van der Waals surface area contributed by atoms with Crippen LogP contribution in [0.3, 0.4) is 0 Å². The van der Waals surface area contributed by atoms with Gasteiger partial charge in [0.2, 0.25) is 5.91 Å². The van der Waals surface area contributed by atoms with Crippen molar-refractivity contribution in [3.05, 3.63) is 29.8 Å². The summed E-state index contributed by atoms with van der Waals surface area (Å²) in [6, 6.07) is 7.61. The molecule has 2 atom stereocenters. The number of likely N-dealkylation sites (tertiary alicyclic amines) is 1. The van der Waals surface area contributed by atoms with Gasteiger partial charge < -0.3 is 15.4 Å². The average Bonchev–Trinajstić information content (AvgIpc) is 2.86. The Labute approximate surface area is 108 Å². The van der Waals surface area contributed by atoms with Crippen molar-refractivity contribution in [2.45, 2.75) is 31.8 Å². The van der Waals surface area contributed by atoms with Gasteiger partial charge in [0.25, 0.3) is 0 Å². The van der Waals surface area contributed by atoms with Crippen LogP contribution in [0.5, 0.6) is 5.75 Å². The fourth-order valence-corrected chi connectivity index (χ4v) is 2.49. The molecule has 0 bridgehead atoms. The molecule has 1 heterocycles. The molecule has 0 saturated carbocycles. The number of ether oxygens (including phenoxy) is 1. The highest BCUT2D eigenvalue weighted by Gasteiger charge is 2.31. The third-order valence-corrected chi connectivity index (χ3v) is 3.40. The average molecular weight is 248 g/mol. The molecule has 1 unspecified atom stereocenters. The van der Waals surface area contributed by atoms with Crippen molar-refractivity contribution in [3.63, 3.8) is 0 Å². The molecule has 1 aromatic carbocycles. The van der Waals surface area contributed by atoms with Gasteiger partial charge in [0.1, 0.15) is 5.75 Å². The fourth-order valence-electron chi connectivity index (χ4n) is 2.49. The van der Waals surface area contributed by atoms with Crippen LogP contribution in [-0.4, -0.2) is 30.5 Å². The highest BCUT2D eigenvalue weighted by atomic mass is 16.5. The lowest BCUT2D eigenvalue weighted by Crippen LogP contribution is -2.41. The Kier molecular flexibility index (Phi) is 3.87. The van der Waals surface area contributed by atoms with Gasteiger partial charge in [0.05, 0.1) is 19.2 Å². The molecule has 1 aliphatic rings. The lowest BCUT2D eigenvalue weighted by molar-refractivity contribution is -0.133. The molecule has 1 aromatic rings. The number of carbonyl (C=O) groups is 1. The van der Waals surface area contributed by atoms with Crippen LogP contribution in [0.25, 0.3) is 0 Å². The summed E-state index contributed by atoms with van der Waals surface area (Å²) in [5.41, 5.74) is 6.82. The van der Waals surface area contributed by atoms with Gasteiger partial charge in [-0.2, -0.15) is 0 Å². The molecule has 1 amide bonds. The second-order valence-electron chi connectivity index (χ2n) is 4.75. The van der Waals surface area contributed by atoms with Crippen LogP contribution in [0.4, 0.5) is 0 Å². The van der Waals surface area contributed by atoms with Gasteiger partial charge in [0, 0.05) is 6.54 Å². The molecule has 18 heavy (non-hydrogen) atoms. The van der Waals surface area contributed by atoms with Crippen molar-refractivity contribution in [2.75, 3.05) is 13.7 Å². The summed E-state index contributed by atoms with van der Waals surface area (Å²) in [5, 5.41) is 0. The number of nitrogens with zero attached hydrogens (tertiary/aromatic N) is 1. The zero-order chi connectivity index (χ0) is 13.1. The maximum atomic E-state index is 12.1. The minimum absolute atomic E-state index is 0.0281. The second-order valence-corrected chi connectivity index (χ2v) is 4.75. The van der Waals surface area contributed by atoms with Gasteiger partial charge in [-0.1, -0.05) is 12.1 Å². The molecule has 1 fully saturated rings. The normalized spacial score (nSPS) is 20.8. The van der Waals surface area contributed by atoms with E-state index in [-0.39, 0.29) is 11.9 Å². The van der Waals surface area contributed by atoms with Crippen LogP contribution in [0, 0.1) is 0 Å². The number of nitrogens with two attached hydrogens (primary N) is 1. The maximum absolute atomic E-state index is 12.1. The van der Waals surface area contributed by atoms with Crippen LogP contribution in [0.2, 0.25) is 0 Å². The summed E-state index contributed by atoms with van der Waals surface area (Å²) in [6.07, 6.45) is 2.02. The summed E-state index contributed by atoms with van der Waals surface area (Å²) < 4.78 is 5.23. The summed E-state index contributed by atoms with van der Waals surface area (Å²) in [4.78, 5) is 13.9. The van der Waals surface area contributed by atoms with E-state index in [1.807, 2.05) is 29.2 Å². The van der Waals surface area contributed by atoms with E-state index < -0.39 is 6.04 Å². The van der Waals surface area contributed by atoms with Crippen molar-refractivity contribution < 1.29 is 9.53 Å². The first-order valence-corrected chi connectivity index (χ1v) is 6.33. The number of benzene rings is 1. The molecule has 98 valence electrons. The molecule has 0 aromatic heterocycles. The van der Waals surface area contributed by atoms with Crippen LogP contribution in [-0.2, 0) is 4.79 Å². The van der Waals surface area contributed by atoms with E-state index >= 15 is 0 Å². The SMILES string of the molecule is COc1cccc(C2CCCN2C(=O)[C@@H](C)N)c1. The largest absolute Gasteiger partial charge is 0.497 e. The van der Waals surface area contributed by atoms with Crippen molar-refractivity contribution in [1.29, 1.82) is 0 Å². The Morgan fingerprint density at radius 2 is 2.33 bits per heavy atom. The van der Waals surface area contributed by atoms with Crippen LogP contribution < -0.4 is 10.5 Å². The van der Waals surface area contributed by atoms with Crippen molar-refractivity contribution >= 4 is 5.91 Å². The fraction of sp³-hybridized carbons (Fsp3) is 0.500. The minimum atomic E-state index is -0.434. The van der Waals surface area contributed by atoms with E-state index in [9.17, 15) is 4.79 Å². The first kappa shape index (κ1) is 12.9. The number of carbonyl (C=O) groups excluding carboxylic acids is 1. The Hall–Kier alpha value is -1.55. The quantitative estimate of drug-likeness (QED) is 0.886. The Balaban J connectivity index is 2.23. The number of rotatable bonds is 3. The predicted octanol–water partition coefficient (Wildman–Crippen LogP) is 1.71. The van der Waals surface area contributed by atoms with Crippen LogP contribution >= 0.6 is 0 Å². The Bertz CT molecular complexity index is 432. The summed E-state index contributed by atoms with van der Waals surface area (Å²) in [7, 11) is 1.65. The lowest BCUT2D eigenvalue weighted by atomic mass is 10.0. The Morgan fingerprint density at radius 1 is 1.56 bits per heavy atom. The first-order chi connectivity index (χ1) is 8.63. The third kappa shape index (κ3) is 2.48. The van der Waals surface area contributed by atoms with Gasteiger partial charge >= 0.3 is 0 Å². The highest BCUT2D eigenvalue weighted by Crippen LogP contribution is 2.33. The zero-order valence-electron chi connectivity index (χ0n) is 10.9. The van der Waals surface area contributed by atoms with Gasteiger partial charge in [-0.3, -0.25) is 4.79 Å². The topological polar surface area (TPSA) is 55.6 Å². The van der Waals surface area contributed by atoms with Gasteiger partial charge in [-0.25, -0.2) is 0 Å². The number of methoxy groups -OCH3 is 1. The minimum Gasteiger partial charge on any atom is -0.497 e. The van der Waals surface area contributed by atoms with E-state index in [0.717, 1.165) is 30.7 Å². The van der Waals surface area contributed by atoms with Gasteiger partial charge in [-0.15, -0.1) is 0 Å². The van der Waals surface area contributed by atoms with E-state index in [1.165, 1.54) is 0 Å². The summed E-state index contributed by atoms with van der Waals surface area (Å²) >= 11 is 0. The molecule has 2 rings (SSSR count). The smallest absolute Gasteiger partial charge is 0.239 e. The first-order valence-electron chi connectivity index (χ1n) is 6.33. The summed E-state index contributed by atoms with van der Waals surface area (Å²) in [6.45, 7) is 2.53. The van der Waals surface area contributed by atoms with E-state index in [0.29, 0.717) is 0 Å². The molecule has 2 N–H and O–H groups in total. The van der Waals surface area contributed by atoms with Crippen molar-refractivity contribution in [1.82, 2.24) is 4.90 Å². The molecule has 0 radical (unpaired) electrons. The number of hydrogen-bond donors (Lipinski definition) is 1. The van der Waals surface area contributed by atoms with Gasteiger partial charge in [-0.05, 0) is 37.5 Å². The molecule has 4 heteroatoms. The standard InChI is InChI=1S/C14H20N2O2/c1-10(15)14(17)16-8-4-7-13(16)11-5-3-6-12(9-11)18-2/h3,5-6,9-10,13H,4,7-8,15H2,1-2H3/t10-,13?/m1/s1. The molecular weight excluding hydrogens is 228 g/mol. The summed E-state index contributed by atoms with van der Waals surface area (Å²) in [5.74, 6) is 0.855. The molecular formula is C14H20N2O2. The Morgan fingerprint density at radius 3 is 3.00 bits per heavy atom. The molecule has 4 nitrogen and oxygen atoms in total. The van der Waals surface area contributed by atoms with E-state index in [1.54, 1.807) is 14.0 Å². The molecule has 1 aliphatic heterocycles. The predicted molar refractivity (Wildman–Crippen MR) is 70.3 cm³/mol. The maximum Gasteiger partial charge on any atom is 0.239 e. The van der Waals surface area contributed by atoms with E-state index in [2.05, 4.69) is 0 Å². The lowest BCUT2D eigenvalue weighted by Gasteiger charge is -2.26. The molecule has 0 spiro atoms. The number of amides is 1. The number of hydrogen-bond acceptors (Lipinski definition) is 3. The zero-order valence-corrected chi connectivity index (χ0v) is 10.9. The molecule has 1 saturated heterocycles. The highest BCUT2D eigenvalue weighted by molar-refractivity contribution is 5.82.